The van der Waals surface area contributed by atoms with Crippen molar-refractivity contribution in [2.75, 3.05) is 10.2 Å². The van der Waals surface area contributed by atoms with Gasteiger partial charge in [0.25, 0.3) is 6.71 Å². The van der Waals surface area contributed by atoms with Crippen molar-refractivity contribution in [3.05, 3.63) is 217 Å². The Hall–Kier alpha value is -7.56. The zero-order chi connectivity index (χ0) is 40.7. The van der Waals surface area contributed by atoms with Crippen LogP contribution in [0.1, 0.15) is 25.0 Å². The second kappa shape index (κ2) is 13.8. The maximum atomic E-state index is 7.00. The molecule has 2 heterocycles. The Morgan fingerprint density at radius 1 is 0.426 bits per heavy atom. The largest absolute Gasteiger partial charge is 0.458 e. The highest BCUT2D eigenvalue weighted by molar-refractivity contribution is 7.00. The van der Waals surface area contributed by atoms with E-state index >= 15 is 0 Å². The fourth-order valence-electron chi connectivity index (χ4n) is 10.2. The van der Waals surface area contributed by atoms with Gasteiger partial charge in [-0.15, -0.1) is 0 Å². The maximum Gasteiger partial charge on any atom is 0.257 e. The summed E-state index contributed by atoms with van der Waals surface area (Å²) in [5.74, 6) is 1.82. The monoisotopic (exact) mass is 780 g/mol. The molecule has 2 aliphatic heterocycles. The Balaban J connectivity index is 1.05. The van der Waals surface area contributed by atoms with E-state index < -0.39 is 0 Å². The van der Waals surface area contributed by atoms with E-state index in [0.717, 1.165) is 39.9 Å². The first-order chi connectivity index (χ1) is 30.0. The fourth-order valence-corrected chi connectivity index (χ4v) is 10.2. The van der Waals surface area contributed by atoms with Gasteiger partial charge in [-0.3, -0.25) is 0 Å². The van der Waals surface area contributed by atoms with Gasteiger partial charge in [-0.1, -0.05) is 159 Å². The lowest BCUT2D eigenvalue weighted by Gasteiger charge is -2.36. The molecule has 3 nitrogen and oxygen atoms in total. The number of fused-ring (bicyclic) bond motifs is 7. The van der Waals surface area contributed by atoms with Crippen molar-refractivity contribution in [2.24, 2.45) is 0 Å². The summed E-state index contributed by atoms with van der Waals surface area (Å²) in [6.07, 6.45) is 0. The highest BCUT2D eigenvalue weighted by atomic mass is 16.5. The third kappa shape index (κ3) is 5.59. The average Bonchev–Trinajstić information content (AvgIpc) is 3.53. The lowest BCUT2D eigenvalue weighted by molar-refractivity contribution is 0.487. The minimum Gasteiger partial charge on any atom is -0.458 e. The van der Waals surface area contributed by atoms with Gasteiger partial charge >= 0.3 is 0 Å². The molecular formula is C57H41BN2O. The summed E-state index contributed by atoms with van der Waals surface area (Å²) in [6, 6.07) is 74.8. The van der Waals surface area contributed by atoms with Crippen LogP contribution in [-0.2, 0) is 5.41 Å². The number of nitrogens with one attached hydrogen (secondary N) is 1. The van der Waals surface area contributed by atoms with Gasteiger partial charge in [0.15, 0.2) is 0 Å². The average molecular weight is 781 g/mol. The van der Waals surface area contributed by atoms with Gasteiger partial charge < -0.3 is 15.0 Å². The van der Waals surface area contributed by atoms with Gasteiger partial charge in [-0.25, -0.2) is 0 Å². The van der Waals surface area contributed by atoms with E-state index in [-0.39, 0.29) is 12.1 Å². The van der Waals surface area contributed by atoms with Crippen LogP contribution in [0, 0.1) is 0 Å². The number of para-hydroxylation sites is 2. The minimum atomic E-state index is -0.272. The molecule has 4 heteroatoms. The Kier molecular flexibility index (Phi) is 7.98. The van der Waals surface area contributed by atoms with Crippen LogP contribution < -0.4 is 31.3 Å². The van der Waals surface area contributed by atoms with Crippen molar-refractivity contribution >= 4 is 51.5 Å². The van der Waals surface area contributed by atoms with Gasteiger partial charge in [0, 0.05) is 33.9 Å². The van der Waals surface area contributed by atoms with Gasteiger partial charge in [-0.2, -0.15) is 0 Å². The summed E-state index contributed by atoms with van der Waals surface area (Å²) in [5.41, 5.74) is 21.4. The smallest absolute Gasteiger partial charge is 0.257 e. The zero-order valence-corrected chi connectivity index (χ0v) is 34.1. The van der Waals surface area contributed by atoms with E-state index in [1.54, 1.807) is 0 Å². The molecule has 0 saturated carbocycles. The van der Waals surface area contributed by atoms with Crippen molar-refractivity contribution < 1.29 is 4.74 Å². The van der Waals surface area contributed by atoms with Gasteiger partial charge in [0.05, 0.1) is 0 Å². The van der Waals surface area contributed by atoms with E-state index in [4.69, 9.17) is 4.74 Å². The van der Waals surface area contributed by atoms with E-state index in [1.807, 2.05) is 0 Å². The second-order valence-corrected chi connectivity index (χ2v) is 16.9. The molecule has 1 aliphatic carbocycles. The first-order valence-electron chi connectivity index (χ1n) is 21.2. The van der Waals surface area contributed by atoms with Gasteiger partial charge in [0.2, 0.25) is 0 Å². The quantitative estimate of drug-likeness (QED) is 0.170. The number of hydrogen-bond acceptors (Lipinski definition) is 3. The number of ether oxygens (including phenoxy) is 1. The van der Waals surface area contributed by atoms with Crippen LogP contribution in [0.5, 0.6) is 11.5 Å². The molecule has 12 rings (SSSR count). The number of benzene rings is 9. The molecule has 0 atom stereocenters. The molecule has 9 aromatic rings. The molecule has 61 heavy (non-hydrogen) atoms. The maximum absolute atomic E-state index is 7.00. The summed E-state index contributed by atoms with van der Waals surface area (Å²) in [6.45, 7) is 4.71. The second-order valence-electron chi connectivity index (χ2n) is 16.9. The molecular weight excluding hydrogens is 739 g/mol. The van der Waals surface area contributed by atoms with E-state index in [9.17, 15) is 0 Å². The third-order valence-electron chi connectivity index (χ3n) is 13.1. The number of rotatable bonds is 6. The van der Waals surface area contributed by atoms with Crippen LogP contribution in [0.15, 0.2) is 206 Å². The van der Waals surface area contributed by atoms with Crippen molar-refractivity contribution in [1.82, 2.24) is 0 Å². The molecule has 0 amide bonds. The molecule has 9 aromatic carbocycles. The first kappa shape index (κ1) is 35.4. The van der Waals surface area contributed by atoms with E-state index in [1.165, 1.54) is 72.0 Å². The molecule has 0 radical (unpaired) electrons. The molecule has 288 valence electrons. The van der Waals surface area contributed by atoms with Crippen LogP contribution in [0.25, 0.3) is 44.5 Å². The molecule has 0 fully saturated rings. The lowest BCUT2D eigenvalue weighted by Crippen LogP contribution is -2.59. The SMILES string of the molecule is CC1(C)c2cc(N(c3ccccc3)c3ccccc3)ccc2-c2cc3c(cc21)B1c2c(cccc2O3)Nc2ccc(-c3ccccc3)c(-c3ccc(-c4ccccc4)cc3)c21. The van der Waals surface area contributed by atoms with Gasteiger partial charge in [-0.05, 0) is 133 Å². The van der Waals surface area contributed by atoms with Crippen molar-refractivity contribution in [2.45, 2.75) is 19.3 Å². The minimum absolute atomic E-state index is 0.0642. The topological polar surface area (TPSA) is 24.5 Å². The van der Waals surface area contributed by atoms with Crippen LogP contribution in [0.2, 0.25) is 0 Å². The van der Waals surface area contributed by atoms with Crippen LogP contribution in [0.3, 0.4) is 0 Å². The highest BCUT2D eigenvalue weighted by Gasteiger charge is 2.44. The number of nitrogens with zero attached hydrogens (tertiary/aromatic N) is 1. The third-order valence-corrected chi connectivity index (χ3v) is 13.1. The summed E-state index contributed by atoms with van der Waals surface area (Å²) in [4.78, 5) is 2.36. The van der Waals surface area contributed by atoms with Crippen LogP contribution in [-0.4, -0.2) is 6.71 Å². The molecule has 0 unspecified atom stereocenters. The van der Waals surface area contributed by atoms with Crippen molar-refractivity contribution in [1.29, 1.82) is 0 Å². The number of hydrogen-bond donors (Lipinski definition) is 1. The van der Waals surface area contributed by atoms with E-state index in [0.29, 0.717) is 0 Å². The Morgan fingerprint density at radius 2 is 1.00 bits per heavy atom. The highest BCUT2D eigenvalue weighted by Crippen LogP contribution is 2.52. The molecule has 0 aromatic heterocycles. The standard InChI is InChI=1S/C57H41BN2O/c1-57(2)47-34-43(60(41-20-11-5-12-21-41)42-22-13-6-14-23-42)30-31-45(47)46-35-53-49(36-48(46)57)58-55-50(24-15-25-52(55)61-53)59-51-33-32-44(39-18-9-4-10-19-39)54(56(51)58)40-28-26-38(27-29-40)37-16-7-3-8-17-37/h3-36,59H,1-2H3. The first-order valence-corrected chi connectivity index (χ1v) is 21.2. The Labute approximate surface area is 357 Å². The number of anilines is 5. The summed E-state index contributed by atoms with van der Waals surface area (Å²) in [5, 5.41) is 3.88. The predicted octanol–water partition coefficient (Wildman–Crippen LogP) is 13.1. The Morgan fingerprint density at radius 3 is 1.69 bits per heavy atom. The van der Waals surface area contributed by atoms with Crippen LogP contribution >= 0.6 is 0 Å². The summed E-state index contributed by atoms with van der Waals surface area (Å²) in [7, 11) is 0. The normalized spacial score (nSPS) is 13.4. The predicted molar refractivity (Wildman–Crippen MR) is 256 cm³/mol. The van der Waals surface area contributed by atoms with Gasteiger partial charge in [0.1, 0.15) is 11.5 Å². The lowest BCUT2D eigenvalue weighted by atomic mass is 9.33. The molecule has 3 aliphatic rings. The molecule has 0 bridgehead atoms. The molecule has 0 saturated heterocycles. The van der Waals surface area contributed by atoms with E-state index in [2.05, 4.69) is 230 Å². The molecule has 1 N–H and O–H groups in total. The fraction of sp³-hybridized carbons (Fsp3) is 0.0526. The summed E-state index contributed by atoms with van der Waals surface area (Å²) < 4.78 is 7.00. The molecule has 0 spiro atoms. The Bertz CT molecular complexity index is 3110. The zero-order valence-electron chi connectivity index (χ0n) is 34.1. The van der Waals surface area contributed by atoms with Crippen LogP contribution in [0.4, 0.5) is 28.4 Å². The van der Waals surface area contributed by atoms with Crippen molar-refractivity contribution in [3.63, 3.8) is 0 Å². The summed E-state index contributed by atoms with van der Waals surface area (Å²) >= 11 is 0. The van der Waals surface area contributed by atoms with Crippen molar-refractivity contribution in [3.8, 4) is 56.0 Å².